The number of aliphatic imine (C=N–C) groups is 1. The average molecular weight is 900 g/mol. The molecule has 0 unspecified atom stereocenters. The molecule has 7 heteroatoms. The van der Waals surface area contributed by atoms with Crippen molar-refractivity contribution >= 4 is 27.8 Å². The summed E-state index contributed by atoms with van der Waals surface area (Å²) in [5.41, 5.74) is 3.65. The van der Waals surface area contributed by atoms with Crippen LogP contribution in [0.4, 0.5) is 0 Å². The molecule has 0 amide bonds. The zero-order valence-electron chi connectivity index (χ0n) is 38.8. The molecule has 1 aliphatic rings. The number of aromatic nitrogens is 3. The monoisotopic (exact) mass is 900 g/mol. The number of benzene rings is 4. The number of furan rings is 1. The Balaban J connectivity index is 0.000000327. The fourth-order valence-corrected chi connectivity index (χ4v) is 6.11. The third kappa shape index (κ3) is 7.99. The van der Waals surface area contributed by atoms with Gasteiger partial charge in [-0.15, -0.1) is 18.2 Å². The summed E-state index contributed by atoms with van der Waals surface area (Å²) in [5, 5.41) is 1.67. The van der Waals surface area contributed by atoms with Gasteiger partial charge in [0, 0.05) is 37.8 Å². The minimum atomic E-state index is -2.62. The van der Waals surface area contributed by atoms with Crippen molar-refractivity contribution in [2.75, 3.05) is 6.61 Å². The summed E-state index contributed by atoms with van der Waals surface area (Å²) in [4.78, 5) is 9.17. The van der Waals surface area contributed by atoms with Crippen molar-refractivity contribution in [3.63, 3.8) is 0 Å². The zero-order valence-corrected chi connectivity index (χ0v) is 34.2. The summed E-state index contributed by atoms with van der Waals surface area (Å²) in [6.45, 7) is 11.5. The van der Waals surface area contributed by atoms with E-state index in [1.165, 1.54) is 12.3 Å². The van der Waals surface area contributed by atoms with Crippen LogP contribution >= 0.6 is 0 Å². The Kier molecular flexibility index (Phi) is 8.34. The van der Waals surface area contributed by atoms with E-state index in [-0.39, 0.29) is 59.5 Å². The molecular formula is C47H48IrN4O2+. The van der Waals surface area contributed by atoms with Gasteiger partial charge in [-0.3, -0.25) is 0 Å². The molecule has 0 saturated carbocycles. The number of aryl methyl sites for hydroxylation is 2. The number of hydrogen-bond donors (Lipinski definition) is 0. The predicted molar refractivity (Wildman–Crippen MR) is 215 cm³/mol. The van der Waals surface area contributed by atoms with Crippen LogP contribution in [-0.4, -0.2) is 27.6 Å². The summed E-state index contributed by atoms with van der Waals surface area (Å²) in [6.07, 6.45) is 8.54. The fraction of sp³-hybridized carbons (Fsp3) is 0.298. The van der Waals surface area contributed by atoms with Crippen LogP contribution in [0.1, 0.15) is 87.2 Å². The van der Waals surface area contributed by atoms with Crippen LogP contribution in [0.3, 0.4) is 0 Å². The van der Waals surface area contributed by atoms with Crippen molar-refractivity contribution < 1.29 is 43.4 Å². The van der Waals surface area contributed by atoms with Crippen LogP contribution in [0.5, 0.6) is 0 Å². The van der Waals surface area contributed by atoms with Gasteiger partial charge in [-0.2, -0.15) is 30.3 Å². The van der Waals surface area contributed by atoms with E-state index in [0.29, 0.717) is 40.5 Å². The second kappa shape index (κ2) is 14.8. The first kappa shape index (κ1) is 30.5. The number of fused-ring (bicyclic) bond motifs is 3. The molecule has 0 bridgehead atoms. The van der Waals surface area contributed by atoms with E-state index in [2.05, 4.69) is 53.8 Å². The molecular weight excluding hydrogens is 845 g/mol. The topological polar surface area (TPSA) is 56.4 Å². The predicted octanol–water partition coefficient (Wildman–Crippen LogP) is 10.7. The number of hydrogen-bond acceptors (Lipinski definition) is 4. The molecule has 7 aromatic rings. The van der Waals surface area contributed by atoms with Crippen molar-refractivity contribution in [1.82, 2.24) is 9.55 Å². The van der Waals surface area contributed by atoms with Crippen molar-refractivity contribution in [3.8, 4) is 28.1 Å². The fourth-order valence-electron chi connectivity index (χ4n) is 6.11. The van der Waals surface area contributed by atoms with Gasteiger partial charge >= 0.3 is 20.1 Å². The third-order valence-corrected chi connectivity index (χ3v) is 9.14. The number of para-hydroxylation sites is 1. The average Bonchev–Trinajstić information content (AvgIpc) is 3.90. The van der Waals surface area contributed by atoms with Crippen molar-refractivity contribution in [1.29, 1.82) is 0 Å². The van der Waals surface area contributed by atoms with E-state index in [1.54, 1.807) is 18.2 Å². The molecule has 4 aromatic carbocycles. The maximum absolute atomic E-state index is 8.95. The van der Waals surface area contributed by atoms with Crippen LogP contribution in [0, 0.1) is 32.2 Å². The zero-order chi connectivity index (χ0) is 43.6. The summed E-state index contributed by atoms with van der Waals surface area (Å²) in [7, 11) is 0. The maximum Gasteiger partial charge on any atom is 3.00 e. The van der Waals surface area contributed by atoms with Crippen LogP contribution in [0.2, 0.25) is 0 Å². The largest absolute Gasteiger partial charge is 3.00 e. The Morgan fingerprint density at radius 2 is 1.72 bits per heavy atom. The van der Waals surface area contributed by atoms with Crippen LogP contribution < -0.4 is 4.57 Å². The van der Waals surface area contributed by atoms with Crippen LogP contribution in [-0.2, 0) is 35.8 Å². The van der Waals surface area contributed by atoms with Gasteiger partial charge in [0.05, 0.1) is 18.0 Å². The van der Waals surface area contributed by atoms with E-state index >= 15 is 0 Å². The molecule has 6 nitrogen and oxygen atoms in total. The van der Waals surface area contributed by atoms with Gasteiger partial charge in [0.25, 0.3) is 0 Å². The molecule has 0 radical (unpaired) electrons. The Hall–Kier alpha value is -4.84. The first-order valence-electron chi connectivity index (χ1n) is 21.2. The van der Waals surface area contributed by atoms with Crippen LogP contribution in [0.15, 0.2) is 107 Å². The van der Waals surface area contributed by atoms with E-state index in [1.807, 2.05) is 100 Å². The summed E-state index contributed by atoms with van der Waals surface area (Å²) in [5.74, 6) is 0.550. The molecule has 54 heavy (non-hydrogen) atoms. The van der Waals surface area contributed by atoms with Gasteiger partial charge in [-0.25, -0.2) is 4.99 Å². The Bertz CT molecular complexity index is 2760. The van der Waals surface area contributed by atoms with Crippen molar-refractivity contribution in [3.05, 3.63) is 138 Å². The number of imidazole rings is 1. The quantitative estimate of drug-likeness (QED) is 0.131. The van der Waals surface area contributed by atoms with E-state index in [0.717, 1.165) is 22.0 Å². The van der Waals surface area contributed by atoms with E-state index in [9.17, 15) is 0 Å². The molecule has 4 heterocycles. The van der Waals surface area contributed by atoms with E-state index < -0.39 is 19.1 Å². The minimum Gasteiger partial charge on any atom is -0.501 e. The van der Waals surface area contributed by atoms with E-state index in [4.69, 9.17) is 18.7 Å². The molecule has 0 fully saturated rings. The Morgan fingerprint density at radius 3 is 2.39 bits per heavy atom. The molecule has 0 spiro atoms. The molecule has 0 atom stereocenters. The number of rotatable bonds is 4. The molecule has 1 aliphatic heterocycles. The van der Waals surface area contributed by atoms with Gasteiger partial charge < -0.3 is 23.3 Å². The SMILES string of the molecule is CC(C)(C)[n+]1[c-]n(-c2[c-]cccc2)cc1.[2H]c1cc(C(C)(C)C)cc(C([2H])([2H])[2H])c1-c1cc(-c2[c-]ccc3c2oc2cc(C4=NC(C)(C)CO4)ccc23)ncc1C([2H])([2H])[2H].[Ir+3]. The molecule has 0 aliphatic carbocycles. The Morgan fingerprint density at radius 1 is 0.907 bits per heavy atom. The standard InChI is InChI=1S/C34H33N2O2.C13H15N2.Ir/c1-20-15-23(33(3,4)5)12-14-24(20)28-17-29(35-18-21(28)2)27-10-8-9-26-25-13-11-22(16-30(25)38-31(26)27)32-36-34(6,7)19-37-32;1-13(2,3)15-10-9-14(11-15)12-7-5-4-6-8-12;/h8-9,11-18H,19H2,1-7H3;4-7,9-10H,1-3H3;/q2*-1;+3/i1D3,2D3,14D;;. The summed E-state index contributed by atoms with van der Waals surface area (Å²) in [6, 6.07) is 28.3. The van der Waals surface area contributed by atoms with Gasteiger partial charge in [-0.1, -0.05) is 67.7 Å². The normalized spacial score (nSPS) is 16.3. The molecule has 8 rings (SSSR count). The van der Waals surface area contributed by atoms with Crippen molar-refractivity contribution in [2.45, 2.75) is 85.6 Å². The smallest absolute Gasteiger partial charge is 0.501 e. The first-order chi connectivity index (χ1) is 27.9. The van der Waals surface area contributed by atoms with Crippen LogP contribution in [0.25, 0.3) is 50.0 Å². The molecule has 0 saturated heterocycles. The number of ether oxygens (including phenoxy) is 1. The molecule has 276 valence electrons. The number of nitrogens with zero attached hydrogens (tertiary/aromatic N) is 4. The van der Waals surface area contributed by atoms with Gasteiger partial charge in [0.1, 0.15) is 12.2 Å². The van der Waals surface area contributed by atoms with Crippen molar-refractivity contribution in [2.24, 2.45) is 4.99 Å². The second-order valence-corrected chi connectivity index (χ2v) is 16.0. The minimum absolute atomic E-state index is 0. The number of pyridine rings is 1. The molecule has 0 N–H and O–H groups in total. The summed E-state index contributed by atoms with van der Waals surface area (Å²) < 4.78 is 74.9. The van der Waals surface area contributed by atoms with Gasteiger partial charge in [0.15, 0.2) is 0 Å². The maximum atomic E-state index is 8.95. The van der Waals surface area contributed by atoms with Gasteiger partial charge in [-0.05, 0) is 99.4 Å². The molecule has 3 aromatic heterocycles. The second-order valence-electron chi connectivity index (χ2n) is 16.0. The Labute approximate surface area is 343 Å². The first-order valence-corrected chi connectivity index (χ1v) is 17.7. The third-order valence-electron chi connectivity index (χ3n) is 9.14. The summed E-state index contributed by atoms with van der Waals surface area (Å²) >= 11 is 0. The van der Waals surface area contributed by atoms with Gasteiger partial charge in [0.2, 0.25) is 12.2 Å².